The first-order valence-corrected chi connectivity index (χ1v) is 6.22. The average Bonchev–Trinajstić information content (AvgIpc) is 2.26. The van der Waals surface area contributed by atoms with Crippen LogP contribution in [-0.4, -0.2) is 5.33 Å². The summed E-state index contributed by atoms with van der Waals surface area (Å²) in [6.07, 6.45) is 4.15. The summed E-state index contributed by atoms with van der Waals surface area (Å²) in [5.41, 5.74) is 1.16. The lowest BCUT2D eigenvalue weighted by molar-refractivity contribution is 1.70. The number of hydrogen-bond donors (Lipinski definition) is 0. The Kier molecular flexibility index (Phi) is 3.45. The van der Waals surface area contributed by atoms with Crippen LogP contribution in [0.4, 0.5) is 0 Å². The van der Waals surface area contributed by atoms with Crippen LogP contribution in [0.1, 0.15) is 5.56 Å². The topological polar surface area (TPSA) is 0 Å². The van der Waals surface area contributed by atoms with E-state index in [1.807, 2.05) is 18.2 Å². The molecule has 0 aliphatic heterocycles. The standard InChI is InChI=1S/C13H10BrCl/c14-9-3-7-11-5-1-4-10-6-2-8-12(15)13(10)11/h1-8H,9H2. The highest BCUT2D eigenvalue weighted by Crippen LogP contribution is 2.27. The van der Waals surface area contributed by atoms with E-state index in [0.717, 1.165) is 21.3 Å². The maximum Gasteiger partial charge on any atom is 0.0490 e. The average molecular weight is 282 g/mol. The van der Waals surface area contributed by atoms with Gasteiger partial charge in [0, 0.05) is 15.7 Å². The molecule has 76 valence electrons. The van der Waals surface area contributed by atoms with Crippen LogP contribution < -0.4 is 0 Å². The van der Waals surface area contributed by atoms with Crippen LogP contribution in [0.25, 0.3) is 16.8 Å². The van der Waals surface area contributed by atoms with Gasteiger partial charge in [-0.1, -0.05) is 70.0 Å². The van der Waals surface area contributed by atoms with Crippen molar-refractivity contribution in [2.24, 2.45) is 0 Å². The monoisotopic (exact) mass is 280 g/mol. The van der Waals surface area contributed by atoms with Gasteiger partial charge in [0.05, 0.1) is 0 Å². The van der Waals surface area contributed by atoms with Gasteiger partial charge in [0.2, 0.25) is 0 Å². The largest absolute Gasteiger partial charge is 0.0883 e. The molecule has 0 N–H and O–H groups in total. The molecule has 0 fully saturated rings. The second-order valence-corrected chi connectivity index (χ2v) is 4.30. The fourth-order valence-electron chi connectivity index (χ4n) is 1.63. The van der Waals surface area contributed by atoms with E-state index in [1.165, 1.54) is 5.39 Å². The molecule has 0 heterocycles. The summed E-state index contributed by atoms with van der Waals surface area (Å²) in [6.45, 7) is 0. The molecule has 0 radical (unpaired) electrons. The molecule has 2 rings (SSSR count). The van der Waals surface area contributed by atoms with Gasteiger partial charge in [0.25, 0.3) is 0 Å². The second kappa shape index (κ2) is 4.82. The Balaban J connectivity index is 2.68. The fourth-order valence-corrected chi connectivity index (χ4v) is 2.11. The Morgan fingerprint density at radius 3 is 2.60 bits per heavy atom. The van der Waals surface area contributed by atoms with Gasteiger partial charge in [-0.25, -0.2) is 0 Å². The van der Waals surface area contributed by atoms with Crippen LogP contribution in [0, 0.1) is 0 Å². The minimum Gasteiger partial charge on any atom is -0.0883 e. The Labute approximate surface area is 103 Å². The van der Waals surface area contributed by atoms with Gasteiger partial charge < -0.3 is 0 Å². The fraction of sp³-hybridized carbons (Fsp3) is 0.0769. The molecular formula is C13H10BrCl. The zero-order valence-electron chi connectivity index (χ0n) is 8.08. The molecule has 0 amide bonds. The zero-order chi connectivity index (χ0) is 10.7. The van der Waals surface area contributed by atoms with Gasteiger partial charge in [-0.15, -0.1) is 0 Å². The number of rotatable bonds is 2. The van der Waals surface area contributed by atoms with Crippen molar-refractivity contribution in [1.29, 1.82) is 0 Å². The summed E-state index contributed by atoms with van der Waals surface area (Å²) in [6, 6.07) is 12.2. The molecule has 0 aliphatic carbocycles. The number of hydrogen-bond acceptors (Lipinski definition) is 0. The van der Waals surface area contributed by atoms with Gasteiger partial charge in [0.15, 0.2) is 0 Å². The van der Waals surface area contributed by atoms with Gasteiger partial charge in [-0.05, 0) is 17.0 Å². The molecular weight excluding hydrogens is 271 g/mol. The van der Waals surface area contributed by atoms with Gasteiger partial charge in [0.1, 0.15) is 0 Å². The molecule has 0 atom stereocenters. The lowest BCUT2D eigenvalue weighted by Crippen LogP contribution is -1.79. The summed E-state index contributed by atoms with van der Waals surface area (Å²) >= 11 is 9.57. The quantitative estimate of drug-likeness (QED) is 0.687. The van der Waals surface area contributed by atoms with Crippen molar-refractivity contribution >= 4 is 44.4 Å². The molecule has 0 spiro atoms. The molecule has 0 aromatic heterocycles. The van der Waals surface area contributed by atoms with Gasteiger partial charge in [-0.2, -0.15) is 0 Å². The van der Waals surface area contributed by atoms with E-state index in [4.69, 9.17) is 11.6 Å². The number of allylic oxidation sites excluding steroid dienone is 1. The summed E-state index contributed by atoms with van der Waals surface area (Å²) in [5.74, 6) is 0. The van der Waals surface area contributed by atoms with E-state index in [0.29, 0.717) is 0 Å². The van der Waals surface area contributed by atoms with Gasteiger partial charge in [-0.3, -0.25) is 0 Å². The third-order valence-corrected chi connectivity index (χ3v) is 2.96. The Hall–Kier alpha value is -0.790. The van der Waals surface area contributed by atoms with Crippen molar-refractivity contribution in [3.63, 3.8) is 0 Å². The van der Waals surface area contributed by atoms with E-state index in [-0.39, 0.29) is 0 Å². The third-order valence-electron chi connectivity index (χ3n) is 2.27. The first kappa shape index (κ1) is 10.7. The molecule has 2 heteroatoms. The van der Waals surface area contributed by atoms with Crippen LogP contribution in [0.15, 0.2) is 42.5 Å². The van der Waals surface area contributed by atoms with E-state index in [9.17, 15) is 0 Å². The minimum atomic E-state index is 0.808. The molecule has 0 bridgehead atoms. The number of halogens is 2. The van der Waals surface area contributed by atoms with Crippen molar-refractivity contribution < 1.29 is 0 Å². The van der Waals surface area contributed by atoms with E-state index >= 15 is 0 Å². The molecule has 0 saturated carbocycles. The lowest BCUT2D eigenvalue weighted by atomic mass is 10.0. The van der Waals surface area contributed by atoms with Gasteiger partial charge >= 0.3 is 0 Å². The van der Waals surface area contributed by atoms with Crippen LogP contribution in [0.2, 0.25) is 5.02 Å². The molecule has 2 aromatic rings. The molecule has 0 nitrogen and oxygen atoms in total. The third kappa shape index (κ3) is 2.24. The number of fused-ring (bicyclic) bond motifs is 1. The van der Waals surface area contributed by atoms with Crippen molar-refractivity contribution in [3.05, 3.63) is 53.1 Å². The van der Waals surface area contributed by atoms with Crippen LogP contribution >= 0.6 is 27.5 Å². The summed E-state index contributed by atoms with van der Waals surface area (Å²) in [7, 11) is 0. The number of benzene rings is 2. The van der Waals surface area contributed by atoms with Crippen molar-refractivity contribution in [2.45, 2.75) is 0 Å². The van der Waals surface area contributed by atoms with Crippen molar-refractivity contribution in [1.82, 2.24) is 0 Å². The smallest absolute Gasteiger partial charge is 0.0490 e. The normalized spacial score (nSPS) is 11.3. The lowest BCUT2D eigenvalue weighted by Gasteiger charge is -2.03. The highest BCUT2D eigenvalue weighted by atomic mass is 79.9. The molecule has 0 unspecified atom stereocenters. The second-order valence-electron chi connectivity index (χ2n) is 3.24. The maximum atomic E-state index is 6.20. The molecule has 15 heavy (non-hydrogen) atoms. The van der Waals surface area contributed by atoms with E-state index in [2.05, 4.69) is 46.3 Å². The van der Waals surface area contributed by atoms with Crippen LogP contribution in [0.5, 0.6) is 0 Å². The summed E-state index contributed by atoms with van der Waals surface area (Å²) in [4.78, 5) is 0. The number of alkyl halides is 1. The van der Waals surface area contributed by atoms with Crippen LogP contribution in [-0.2, 0) is 0 Å². The molecule has 0 saturated heterocycles. The molecule has 0 aliphatic rings. The highest BCUT2D eigenvalue weighted by Gasteiger charge is 2.01. The van der Waals surface area contributed by atoms with Crippen molar-refractivity contribution in [3.8, 4) is 0 Å². The van der Waals surface area contributed by atoms with E-state index < -0.39 is 0 Å². The summed E-state index contributed by atoms with van der Waals surface area (Å²) in [5, 5.41) is 3.97. The minimum absolute atomic E-state index is 0.808. The Morgan fingerprint density at radius 2 is 1.87 bits per heavy atom. The predicted molar refractivity (Wildman–Crippen MR) is 71.8 cm³/mol. The zero-order valence-corrected chi connectivity index (χ0v) is 10.4. The SMILES string of the molecule is Clc1cccc2cccc(C=CCBr)c12. The highest BCUT2D eigenvalue weighted by molar-refractivity contribution is 9.09. The predicted octanol–water partition coefficient (Wildman–Crippen LogP) is 4.90. The molecule has 2 aromatic carbocycles. The Bertz CT molecular complexity index is 498. The van der Waals surface area contributed by atoms with E-state index in [1.54, 1.807) is 0 Å². The first-order valence-electron chi connectivity index (χ1n) is 4.72. The maximum absolute atomic E-state index is 6.20. The van der Waals surface area contributed by atoms with Crippen molar-refractivity contribution in [2.75, 3.05) is 5.33 Å². The summed E-state index contributed by atoms with van der Waals surface area (Å²) < 4.78 is 0. The van der Waals surface area contributed by atoms with Crippen LogP contribution in [0.3, 0.4) is 0 Å². The first-order chi connectivity index (χ1) is 7.33. The Morgan fingerprint density at radius 1 is 1.13 bits per heavy atom.